The number of anilines is 1. The SMILES string of the molecule is Bc1ccc2oc3c(=O)[nH]c(N4CCN(CCN(C)C)CC4)nc3c2c1. The van der Waals surface area contributed by atoms with Crippen molar-refractivity contribution in [2.24, 2.45) is 0 Å². The largest absolute Gasteiger partial charge is 0.449 e. The van der Waals surface area contributed by atoms with Gasteiger partial charge in [-0.15, -0.1) is 0 Å². The molecule has 0 unspecified atom stereocenters. The van der Waals surface area contributed by atoms with Crippen molar-refractivity contribution in [3.8, 4) is 0 Å². The Labute approximate surface area is 153 Å². The van der Waals surface area contributed by atoms with Gasteiger partial charge in [0, 0.05) is 44.7 Å². The molecule has 1 saturated heterocycles. The number of H-pyrrole nitrogens is 1. The molecule has 26 heavy (non-hydrogen) atoms. The summed E-state index contributed by atoms with van der Waals surface area (Å²) in [5, 5.41) is 0.900. The van der Waals surface area contributed by atoms with E-state index in [1.54, 1.807) is 0 Å². The predicted molar refractivity (Wildman–Crippen MR) is 108 cm³/mol. The molecule has 8 heteroatoms. The molecule has 0 spiro atoms. The third-order valence-electron chi connectivity index (χ3n) is 5.00. The number of nitrogens with zero attached hydrogens (tertiary/aromatic N) is 4. The van der Waals surface area contributed by atoms with Crippen LogP contribution in [0.5, 0.6) is 0 Å². The van der Waals surface area contributed by atoms with Crippen LogP contribution < -0.4 is 15.9 Å². The fraction of sp³-hybridized carbons (Fsp3) is 0.444. The Hall–Kier alpha value is -2.32. The second kappa shape index (κ2) is 6.77. The number of hydrogen-bond donors (Lipinski definition) is 1. The van der Waals surface area contributed by atoms with Gasteiger partial charge in [-0.3, -0.25) is 14.7 Å². The van der Waals surface area contributed by atoms with E-state index >= 15 is 0 Å². The van der Waals surface area contributed by atoms with Crippen LogP contribution in [0.2, 0.25) is 0 Å². The van der Waals surface area contributed by atoms with Crippen LogP contribution in [0.15, 0.2) is 27.4 Å². The zero-order valence-electron chi connectivity index (χ0n) is 15.6. The molecule has 0 aliphatic carbocycles. The van der Waals surface area contributed by atoms with Gasteiger partial charge in [-0.1, -0.05) is 17.6 Å². The highest BCUT2D eigenvalue weighted by Crippen LogP contribution is 2.25. The van der Waals surface area contributed by atoms with E-state index in [-0.39, 0.29) is 5.56 Å². The first-order chi connectivity index (χ1) is 12.5. The van der Waals surface area contributed by atoms with Gasteiger partial charge in [0.05, 0.1) is 0 Å². The normalized spacial score (nSPS) is 16.2. The maximum absolute atomic E-state index is 12.5. The van der Waals surface area contributed by atoms with Gasteiger partial charge >= 0.3 is 0 Å². The summed E-state index contributed by atoms with van der Waals surface area (Å²) in [4.78, 5) is 26.9. The Kier molecular flexibility index (Phi) is 4.46. The molecule has 1 aliphatic rings. The fourth-order valence-electron chi connectivity index (χ4n) is 3.43. The van der Waals surface area contributed by atoms with Crippen molar-refractivity contribution < 1.29 is 4.42 Å². The van der Waals surface area contributed by atoms with Gasteiger partial charge in [0.1, 0.15) is 18.9 Å². The first kappa shape index (κ1) is 17.1. The van der Waals surface area contributed by atoms with Crippen molar-refractivity contribution in [3.05, 3.63) is 28.6 Å². The minimum absolute atomic E-state index is 0.214. The Bertz CT molecular complexity index is 988. The molecular formula is C18H24BN5O2. The molecule has 1 aliphatic heterocycles. The minimum Gasteiger partial charge on any atom is -0.449 e. The van der Waals surface area contributed by atoms with E-state index in [1.165, 1.54) is 0 Å². The van der Waals surface area contributed by atoms with E-state index in [1.807, 2.05) is 26.0 Å². The molecule has 136 valence electrons. The second-order valence-corrected chi connectivity index (χ2v) is 7.30. The maximum Gasteiger partial charge on any atom is 0.296 e. The molecule has 3 aromatic rings. The summed E-state index contributed by atoms with van der Waals surface area (Å²) in [5.41, 5.74) is 2.57. The fourth-order valence-corrected chi connectivity index (χ4v) is 3.43. The first-order valence-corrected chi connectivity index (χ1v) is 9.06. The smallest absolute Gasteiger partial charge is 0.296 e. The molecule has 2 aromatic heterocycles. The second-order valence-electron chi connectivity index (χ2n) is 7.30. The molecule has 0 amide bonds. The standard InChI is InChI=1S/C18H24BN5O2/c1-22(2)5-6-23-7-9-24(10-8-23)18-20-15-13-11-12(19)3-4-14(13)26-16(15)17(25)21-18/h3-4,11H,5-10,19H2,1-2H3,(H,20,21,25). The lowest BCUT2D eigenvalue weighted by atomic mass is 9.95. The van der Waals surface area contributed by atoms with Crippen LogP contribution in [0.1, 0.15) is 0 Å². The number of aromatic amines is 1. The molecule has 1 fully saturated rings. The highest BCUT2D eigenvalue weighted by molar-refractivity contribution is 6.33. The topological polar surface area (TPSA) is 68.6 Å². The average Bonchev–Trinajstić information content (AvgIpc) is 2.99. The number of furan rings is 1. The van der Waals surface area contributed by atoms with Crippen LogP contribution in [-0.2, 0) is 0 Å². The van der Waals surface area contributed by atoms with Gasteiger partial charge in [0.15, 0.2) is 0 Å². The van der Waals surface area contributed by atoms with Gasteiger partial charge in [-0.25, -0.2) is 4.98 Å². The lowest BCUT2D eigenvalue weighted by molar-refractivity contribution is 0.229. The first-order valence-electron chi connectivity index (χ1n) is 9.06. The summed E-state index contributed by atoms with van der Waals surface area (Å²) in [5.74, 6) is 0.638. The molecule has 0 saturated carbocycles. The number of rotatable bonds is 4. The monoisotopic (exact) mass is 353 g/mol. The zero-order chi connectivity index (χ0) is 18.3. The molecule has 1 aromatic carbocycles. The van der Waals surface area contributed by atoms with Gasteiger partial charge in [0.25, 0.3) is 5.56 Å². The van der Waals surface area contributed by atoms with Gasteiger partial charge in [0.2, 0.25) is 11.5 Å². The molecule has 7 nitrogen and oxygen atoms in total. The van der Waals surface area contributed by atoms with E-state index in [0.29, 0.717) is 22.6 Å². The molecule has 0 atom stereocenters. The van der Waals surface area contributed by atoms with Crippen molar-refractivity contribution in [1.82, 2.24) is 19.8 Å². The van der Waals surface area contributed by atoms with Crippen LogP contribution in [0.4, 0.5) is 5.95 Å². The van der Waals surface area contributed by atoms with Crippen LogP contribution in [-0.4, -0.2) is 81.0 Å². The van der Waals surface area contributed by atoms with Gasteiger partial charge in [-0.2, -0.15) is 0 Å². The average molecular weight is 353 g/mol. The third-order valence-corrected chi connectivity index (χ3v) is 5.00. The maximum atomic E-state index is 12.5. The summed E-state index contributed by atoms with van der Waals surface area (Å²) in [6, 6.07) is 5.90. The highest BCUT2D eigenvalue weighted by Gasteiger charge is 2.21. The van der Waals surface area contributed by atoms with Crippen molar-refractivity contribution in [1.29, 1.82) is 0 Å². The molecular weight excluding hydrogens is 329 g/mol. The van der Waals surface area contributed by atoms with Crippen LogP contribution >= 0.6 is 0 Å². The number of hydrogen-bond acceptors (Lipinski definition) is 6. The Morgan fingerprint density at radius 3 is 2.77 bits per heavy atom. The third kappa shape index (κ3) is 3.22. The Morgan fingerprint density at radius 2 is 2.04 bits per heavy atom. The minimum atomic E-state index is -0.214. The summed E-state index contributed by atoms with van der Waals surface area (Å²) < 4.78 is 5.71. The summed E-state index contributed by atoms with van der Waals surface area (Å²) >= 11 is 0. The lowest BCUT2D eigenvalue weighted by Gasteiger charge is -2.35. The van der Waals surface area contributed by atoms with Gasteiger partial charge < -0.3 is 14.2 Å². The number of nitrogens with one attached hydrogen (secondary N) is 1. The quantitative estimate of drug-likeness (QED) is 0.645. The van der Waals surface area contributed by atoms with Crippen LogP contribution in [0.3, 0.4) is 0 Å². The summed E-state index contributed by atoms with van der Waals surface area (Å²) in [6.45, 7) is 5.78. The molecule has 1 N–H and O–H groups in total. The molecule has 0 radical (unpaired) electrons. The van der Waals surface area contributed by atoms with E-state index in [9.17, 15) is 4.79 Å². The predicted octanol–water partition coefficient (Wildman–Crippen LogP) is -0.389. The molecule has 3 heterocycles. The van der Waals surface area contributed by atoms with E-state index in [0.717, 1.165) is 50.1 Å². The number of likely N-dealkylation sites (N-methyl/N-ethyl adjacent to an activating group) is 1. The van der Waals surface area contributed by atoms with Crippen molar-refractivity contribution in [2.45, 2.75) is 0 Å². The number of aromatic nitrogens is 2. The van der Waals surface area contributed by atoms with Crippen LogP contribution in [0, 0.1) is 0 Å². The Balaban J connectivity index is 1.60. The van der Waals surface area contributed by atoms with E-state index < -0.39 is 0 Å². The van der Waals surface area contributed by atoms with E-state index in [4.69, 9.17) is 9.40 Å². The number of fused-ring (bicyclic) bond motifs is 3. The lowest BCUT2D eigenvalue weighted by Crippen LogP contribution is -2.48. The summed E-state index contributed by atoms with van der Waals surface area (Å²) in [7, 11) is 6.22. The number of piperazine rings is 1. The van der Waals surface area contributed by atoms with Crippen molar-refractivity contribution >= 4 is 41.3 Å². The van der Waals surface area contributed by atoms with E-state index in [2.05, 4.69) is 33.8 Å². The zero-order valence-corrected chi connectivity index (χ0v) is 15.6. The van der Waals surface area contributed by atoms with Crippen LogP contribution in [0.25, 0.3) is 22.1 Å². The van der Waals surface area contributed by atoms with Gasteiger partial charge in [-0.05, 0) is 20.2 Å². The van der Waals surface area contributed by atoms with Crippen molar-refractivity contribution in [3.63, 3.8) is 0 Å². The Morgan fingerprint density at radius 1 is 1.27 bits per heavy atom. The molecule has 0 bridgehead atoms. The summed E-state index contributed by atoms with van der Waals surface area (Å²) in [6.07, 6.45) is 0. The molecule has 4 rings (SSSR count). The number of benzene rings is 1. The highest BCUT2D eigenvalue weighted by atomic mass is 16.3. The van der Waals surface area contributed by atoms with Crippen molar-refractivity contribution in [2.75, 3.05) is 58.3 Å².